The molecule has 0 spiro atoms. The second-order valence-electron chi connectivity index (χ2n) is 2.77. The van der Waals surface area contributed by atoms with Crippen molar-refractivity contribution < 1.29 is 14.6 Å². The monoisotopic (exact) mass is 194 g/mol. The van der Waals surface area contributed by atoms with Gasteiger partial charge in [0.15, 0.2) is 11.5 Å². The highest BCUT2D eigenvalue weighted by molar-refractivity contribution is 5.44. The summed E-state index contributed by atoms with van der Waals surface area (Å²) >= 11 is 0. The number of phenolic OH excluding ortho intramolecular Hbond substituents is 1. The summed E-state index contributed by atoms with van der Waals surface area (Å²) in [5, 5.41) is 9.66. The van der Waals surface area contributed by atoms with Gasteiger partial charge in [0.25, 0.3) is 0 Å². The molecule has 0 saturated heterocycles. The number of benzene rings is 1. The molecular weight excluding hydrogens is 180 g/mol. The molecule has 0 aromatic heterocycles. The largest absolute Gasteiger partial charge is 0.504 e. The predicted octanol–water partition coefficient (Wildman–Crippen LogP) is 2.10. The number of aromatic hydroxyl groups is 1. The lowest BCUT2D eigenvalue weighted by molar-refractivity contribution is 0.146. The van der Waals surface area contributed by atoms with Gasteiger partial charge in [0.05, 0.1) is 20.3 Å². The summed E-state index contributed by atoms with van der Waals surface area (Å²) in [4.78, 5) is 0. The molecule has 0 amide bonds. The van der Waals surface area contributed by atoms with Crippen molar-refractivity contribution in [3.05, 3.63) is 36.4 Å². The van der Waals surface area contributed by atoms with Crippen molar-refractivity contribution in [2.24, 2.45) is 0 Å². The SMILES string of the molecule is C=CCOCc1cccc(OC)c1O. The van der Waals surface area contributed by atoms with Gasteiger partial charge < -0.3 is 14.6 Å². The normalized spacial score (nSPS) is 9.79. The van der Waals surface area contributed by atoms with E-state index in [2.05, 4.69) is 6.58 Å². The number of hydrogen-bond donors (Lipinski definition) is 1. The third-order valence-corrected chi connectivity index (χ3v) is 1.80. The molecule has 0 saturated carbocycles. The number of rotatable bonds is 5. The zero-order valence-electron chi connectivity index (χ0n) is 8.19. The fourth-order valence-corrected chi connectivity index (χ4v) is 1.10. The Bertz CT molecular complexity index is 307. The maximum atomic E-state index is 9.66. The Kier molecular flexibility index (Phi) is 4.01. The van der Waals surface area contributed by atoms with Crippen LogP contribution in [0, 0.1) is 0 Å². The summed E-state index contributed by atoms with van der Waals surface area (Å²) < 4.78 is 10.2. The van der Waals surface area contributed by atoms with Gasteiger partial charge >= 0.3 is 0 Å². The van der Waals surface area contributed by atoms with Crippen molar-refractivity contribution in [2.75, 3.05) is 13.7 Å². The van der Waals surface area contributed by atoms with E-state index < -0.39 is 0 Å². The Morgan fingerprint density at radius 3 is 2.93 bits per heavy atom. The van der Waals surface area contributed by atoms with Gasteiger partial charge in [0.1, 0.15) is 0 Å². The lowest BCUT2D eigenvalue weighted by Crippen LogP contribution is -1.94. The summed E-state index contributed by atoms with van der Waals surface area (Å²) in [5.41, 5.74) is 0.714. The Hall–Kier alpha value is -1.48. The Labute approximate surface area is 83.6 Å². The zero-order chi connectivity index (χ0) is 10.4. The molecule has 1 aromatic rings. The molecule has 76 valence electrons. The molecule has 3 heteroatoms. The lowest BCUT2D eigenvalue weighted by atomic mass is 10.2. The molecule has 0 aliphatic heterocycles. The third-order valence-electron chi connectivity index (χ3n) is 1.80. The highest BCUT2D eigenvalue weighted by atomic mass is 16.5. The van der Waals surface area contributed by atoms with Crippen molar-refractivity contribution in [1.29, 1.82) is 0 Å². The fourth-order valence-electron chi connectivity index (χ4n) is 1.10. The molecule has 1 rings (SSSR count). The summed E-state index contributed by atoms with van der Waals surface area (Å²) in [5.74, 6) is 0.601. The second-order valence-corrected chi connectivity index (χ2v) is 2.77. The van der Waals surface area contributed by atoms with E-state index in [1.807, 2.05) is 6.07 Å². The van der Waals surface area contributed by atoms with Crippen LogP contribution in [0.5, 0.6) is 11.5 Å². The molecule has 0 fully saturated rings. The van der Waals surface area contributed by atoms with Gasteiger partial charge in [-0.25, -0.2) is 0 Å². The average molecular weight is 194 g/mol. The van der Waals surface area contributed by atoms with Crippen molar-refractivity contribution in [3.63, 3.8) is 0 Å². The number of ether oxygens (including phenoxy) is 2. The van der Waals surface area contributed by atoms with E-state index >= 15 is 0 Å². The molecule has 0 aliphatic rings. The van der Waals surface area contributed by atoms with E-state index in [0.717, 1.165) is 0 Å². The number of para-hydroxylation sites is 1. The van der Waals surface area contributed by atoms with Gasteiger partial charge in [0, 0.05) is 5.56 Å². The molecule has 1 N–H and O–H groups in total. The molecule has 3 nitrogen and oxygen atoms in total. The predicted molar refractivity (Wildman–Crippen MR) is 54.5 cm³/mol. The van der Waals surface area contributed by atoms with Crippen LogP contribution in [0.1, 0.15) is 5.56 Å². The van der Waals surface area contributed by atoms with Gasteiger partial charge in [-0.05, 0) is 6.07 Å². The summed E-state index contributed by atoms with van der Waals surface area (Å²) in [6, 6.07) is 5.30. The van der Waals surface area contributed by atoms with Gasteiger partial charge in [-0.15, -0.1) is 6.58 Å². The molecule has 0 radical (unpaired) electrons. The lowest BCUT2D eigenvalue weighted by Gasteiger charge is -2.08. The van der Waals surface area contributed by atoms with Crippen LogP contribution >= 0.6 is 0 Å². The van der Waals surface area contributed by atoms with E-state index in [4.69, 9.17) is 9.47 Å². The van der Waals surface area contributed by atoms with Crippen LogP contribution in [0.15, 0.2) is 30.9 Å². The molecular formula is C11H14O3. The van der Waals surface area contributed by atoms with Crippen molar-refractivity contribution in [3.8, 4) is 11.5 Å². The van der Waals surface area contributed by atoms with Crippen LogP contribution in [-0.4, -0.2) is 18.8 Å². The Balaban J connectivity index is 2.71. The highest BCUT2D eigenvalue weighted by Crippen LogP contribution is 2.29. The molecule has 0 unspecified atom stereocenters. The van der Waals surface area contributed by atoms with Crippen LogP contribution < -0.4 is 4.74 Å². The van der Waals surface area contributed by atoms with Crippen molar-refractivity contribution in [2.45, 2.75) is 6.61 Å². The van der Waals surface area contributed by atoms with Gasteiger partial charge in [-0.2, -0.15) is 0 Å². The summed E-state index contributed by atoms with van der Waals surface area (Å²) in [7, 11) is 1.52. The topological polar surface area (TPSA) is 38.7 Å². The molecule has 1 aromatic carbocycles. The quantitative estimate of drug-likeness (QED) is 0.576. The van der Waals surface area contributed by atoms with Crippen molar-refractivity contribution in [1.82, 2.24) is 0 Å². The minimum absolute atomic E-state index is 0.138. The summed E-state index contributed by atoms with van der Waals surface area (Å²) in [6.07, 6.45) is 1.66. The highest BCUT2D eigenvalue weighted by Gasteiger charge is 2.06. The smallest absolute Gasteiger partial charge is 0.163 e. The standard InChI is InChI=1S/C11H14O3/c1-3-7-14-8-9-5-4-6-10(13-2)11(9)12/h3-6,12H,1,7-8H2,2H3. The van der Waals surface area contributed by atoms with E-state index in [-0.39, 0.29) is 5.75 Å². The number of methoxy groups -OCH3 is 1. The maximum Gasteiger partial charge on any atom is 0.163 e. The average Bonchev–Trinajstić information content (AvgIpc) is 2.21. The maximum absolute atomic E-state index is 9.66. The minimum Gasteiger partial charge on any atom is -0.504 e. The first-order valence-corrected chi connectivity index (χ1v) is 4.33. The summed E-state index contributed by atoms with van der Waals surface area (Å²) in [6.45, 7) is 4.36. The van der Waals surface area contributed by atoms with Gasteiger partial charge in [-0.3, -0.25) is 0 Å². The van der Waals surface area contributed by atoms with Crippen LogP contribution in [-0.2, 0) is 11.3 Å². The zero-order valence-corrected chi connectivity index (χ0v) is 8.19. The minimum atomic E-state index is 0.138. The van der Waals surface area contributed by atoms with Crippen LogP contribution in [0.4, 0.5) is 0 Å². The Morgan fingerprint density at radius 1 is 1.50 bits per heavy atom. The first kappa shape index (κ1) is 10.6. The molecule has 0 bridgehead atoms. The van der Waals surface area contributed by atoms with Crippen LogP contribution in [0.2, 0.25) is 0 Å². The fraction of sp³-hybridized carbons (Fsp3) is 0.273. The van der Waals surface area contributed by atoms with Gasteiger partial charge in [-0.1, -0.05) is 18.2 Å². The van der Waals surface area contributed by atoms with E-state index in [0.29, 0.717) is 24.5 Å². The molecule has 0 heterocycles. The molecule has 0 aliphatic carbocycles. The van der Waals surface area contributed by atoms with Gasteiger partial charge in [0.2, 0.25) is 0 Å². The van der Waals surface area contributed by atoms with Crippen LogP contribution in [0.3, 0.4) is 0 Å². The van der Waals surface area contributed by atoms with E-state index in [1.54, 1.807) is 18.2 Å². The van der Waals surface area contributed by atoms with E-state index in [1.165, 1.54) is 7.11 Å². The number of phenols is 1. The molecule has 0 atom stereocenters. The second kappa shape index (κ2) is 5.29. The molecule has 14 heavy (non-hydrogen) atoms. The van der Waals surface area contributed by atoms with Crippen molar-refractivity contribution >= 4 is 0 Å². The van der Waals surface area contributed by atoms with E-state index in [9.17, 15) is 5.11 Å². The third kappa shape index (κ3) is 2.50. The first-order chi connectivity index (χ1) is 6.79. The van der Waals surface area contributed by atoms with Crippen LogP contribution in [0.25, 0.3) is 0 Å². The Morgan fingerprint density at radius 2 is 2.29 bits per heavy atom. The first-order valence-electron chi connectivity index (χ1n) is 4.33. The number of hydrogen-bond acceptors (Lipinski definition) is 3.